The fourth-order valence-corrected chi connectivity index (χ4v) is 3.64. The average Bonchev–Trinajstić information content (AvgIpc) is 2.94. The molecular weight excluding hydrogens is 234 g/mol. The molecule has 0 radical (unpaired) electrons. The van der Waals surface area contributed by atoms with Crippen molar-refractivity contribution in [1.29, 1.82) is 0 Å². The van der Waals surface area contributed by atoms with Crippen LogP contribution in [-0.2, 0) is 0 Å². The zero-order valence-corrected chi connectivity index (χ0v) is 13.2. The molecule has 0 amide bonds. The Morgan fingerprint density at radius 2 is 1.68 bits per heavy atom. The molecule has 2 rings (SSSR count). The van der Waals surface area contributed by atoms with Crippen molar-refractivity contribution in [2.24, 2.45) is 0 Å². The van der Waals surface area contributed by atoms with Crippen molar-refractivity contribution in [1.82, 2.24) is 15.1 Å². The SMILES string of the molecule is CCC(CNC(C)C)N1CCN(C2CCCC2)CC1. The molecule has 1 saturated heterocycles. The standard InChI is InChI=1S/C16H33N3/c1-4-15(13-17-14(2)3)18-9-11-19(12-10-18)16-7-5-6-8-16/h14-17H,4-13H2,1-3H3. The Hall–Kier alpha value is -0.120. The van der Waals surface area contributed by atoms with E-state index in [0.29, 0.717) is 6.04 Å². The van der Waals surface area contributed by atoms with Gasteiger partial charge in [0.15, 0.2) is 0 Å². The normalized spacial score (nSPS) is 25.3. The zero-order valence-electron chi connectivity index (χ0n) is 13.2. The molecule has 1 unspecified atom stereocenters. The van der Waals surface area contributed by atoms with E-state index in [0.717, 1.165) is 18.6 Å². The predicted molar refractivity (Wildman–Crippen MR) is 82.6 cm³/mol. The molecule has 1 saturated carbocycles. The highest BCUT2D eigenvalue weighted by Gasteiger charge is 2.28. The first-order valence-electron chi connectivity index (χ1n) is 8.42. The topological polar surface area (TPSA) is 18.5 Å². The Morgan fingerprint density at radius 3 is 2.21 bits per heavy atom. The molecule has 3 heteroatoms. The van der Waals surface area contributed by atoms with E-state index in [2.05, 4.69) is 35.9 Å². The largest absolute Gasteiger partial charge is 0.313 e. The monoisotopic (exact) mass is 267 g/mol. The Balaban J connectivity index is 1.74. The highest BCUT2D eigenvalue weighted by atomic mass is 15.3. The summed E-state index contributed by atoms with van der Waals surface area (Å²) < 4.78 is 0. The molecule has 3 nitrogen and oxygen atoms in total. The summed E-state index contributed by atoms with van der Waals surface area (Å²) in [6.45, 7) is 13.1. The molecule has 1 aliphatic heterocycles. The van der Waals surface area contributed by atoms with Crippen LogP contribution >= 0.6 is 0 Å². The Bertz CT molecular complexity index is 240. The molecule has 112 valence electrons. The third-order valence-corrected chi connectivity index (χ3v) is 4.94. The van der Waals surface area contributed by atoms with Crippen molar-refractivity contribution in [2.45, 2.75) is 71.0 Å². The molecular formula is C16H33N3. The van der Waals surface area contributed by atoms with Crippen molar-refractivity contribution in [3.8, 4) is 0 Å². The summed E-state index contributed by atoms with van der Waals surface area (Å²) in [5.74, 6) is 0. The molecule has 1 aliphatic carbocycles. The molecule has 0 bridgehead atoms. The first-order chi connectivity index (χ1) is 9.20. The molecule has 0 aromatic carbocycles. The summed E-state index contributed by atoms with van der Waals surface area (Å²) in [5.41, 5.74) is 0. The van der Waals surface area contributed by atoms with Crippen LogP contribution in [0.15, 0.2) is 0 Å². The van der Waals surface area contributed by atoms with Crippen molar-refractivity contribution in [2.75, 3.05) is 32.7 Å². The number of hydrogen-bond acceptors (Lipinski definition) is 3. The lowest BCUT2D eigenvalue weighted by atomic mass is 10.1. The van der Waals surface area contributed by atoms with Crippen LogP contribution in [0.3, 0.4) is 0 Å². The van der Waals surface area contributed by atoms with Crippen LogP contribution in [0.4, 0.5) is 0 Å². The lowest BCUT2D eigenvalue weighted by molar-refractivity contribution is 0.0681. The maximum atomic E-state index is 3.60. The van der Waals surface area contributed by atoms with Gasteiger partial charge in [0.1, 0.15) is 0 Å². The van der Waals surface area contributed by atoms with E-state index in [9.17, 15) is 0 Å². The second kappa shape index (κ2) is 7.61. The number of rotatable bonds is 6. The second-order valence-electron chi connectivity index (χ2n) is 6.64. The van der Waals surface area contributed by atoms with Crippen molar-refractivity contribution in [3.63, 3.8) is 0 Å². The molecule has 2 aliphatic rings. The lowest BCUT2D eigenvalue weighted by Gasteiger charge is -2.41. The van der Waals surface area contributed by atoms with Gasteiger partial charge in [-0.2, -0.15) is 0 Å². The third kappa shape index (κ3) is 4.44. The first kappa shape index (κ1) is 15.3. The quantitative estimate of drug-likeness (QED) is 0.797. The van der Waals surface area contributed by atoms with Crippen LogP contribution in [-0.4, -0.2) is 60.6 Å². The average molecular weight is 267 g/mol. The van der Waals surface area contributed by atoms with Gasteiger partial charge >= 0.3 is 0 Å². The van der Waals surface area contributed by atoms with Gasteiger partial charge in [-0.05, 0) is 19.3 Å². The molecule has 2 fully saturated rings. The maximum Gasteiger partial charge on any atom is 0.0219 e. The van der Waals surface area contributed by atoms with E-state index in [-0.39, 0.29) is 0 Å². The molecule has 0 aromatic rings. The van der Waals surface area contributed by atoms with Gasteiger partial charge in [0.2, 0.25) is 0 Å². The van der Waals surface area contributed by atoms with Gasteiger partial charge in [0.25, 0.3) is 0 Å². The number of piperazine rings is 1. The van der Waals surface area contributed by atoms with Gasteiger partial charge < -0.3 is 5.32 Å². The van der Waals surface area contributed by atoms with E-state index in [4.69, 9.17) is 0 Å². The van der Waals surface area contributed by atoms with E-state index in [1.165, 1.54) is 58.3 Å². The van der Waals surface area contributed by atoms with Gasteiger partial charge in [-0.15, -0.1) is 0 Å². The van der Waals surface area contributed by atoms with Gasteiger partial charge in [-0.25, -0.2) is 0 Å². The molecule has 1 heterocycles. The lowest BCUT2D eigenvalue weighted by Crippen LogP contribution is -2.54. The van der Waals surface area contributed by atoms with Crippen LogP contribution in [0.25, 0.3) is 0 Å². The first-order valence-corrected chi connectivity index (χ1v) is 8.42. The minimum atomic E-state index is 0.605. The molecule has 1 atom stereocenters. The van der Waals surface area contributed by atoms with Gasteiger partial charge in [-0.3, -0.25) is 9.80 Å². The summed E-state index contributed by atoms with van der Waals surface area (Å²) in [7, 11) is 0. The fraction of sp³-hybridized carbons (Fsp3) is 1.00. The zero-order chi connectivity index (χ0) is 13.7. The highest BCUT2D eigenvalue weighted by molar-refractivity contribution is 4.85. The minimum absolute atomic E-state index is 0.605. The minimum Gasteiger partial charge on any atom is -0.313 e. The highest BCUT2D eigenvalue weighted by Crippen LogP contribution is 2.24. The molecule has 0 spiro atoms. The van der Waals surface area contributed by atoms with E-state index >= 15 is 0 Å². The van der Waals surface area contributed by atoms with Crippen LogP contribution in [0.5, 0.6) is 0 Å². The summed E-state index contributed by atoms with van der Waals surface area (Å²) in [6, 6.07) is 2.25. The Morgan fingerprint density at radius 1 is 1.05 bits per heavy atom. The van der Waals surface area contributed by atoms with Crippen molar-refractivity contribution in [3.05, 3.63) is 0 Å². The Labute approximate surface area is 119 Å². The molecule has 0 aromatic heterocycles. The Kier molecular flexibility index (Phi) is 6.11. The summed E-state index contributed by atoms with van der Waals surface area (Å²) in [4.78, 5) is 5.47. The van der Waals surface area contributed by atoms with Gasteiger partial charge in [-0.1, -0.05) is 33.6 Å². The van der Waals surface area contributed by atoms with E-state index in [1.54, 1.807) is 0 Å². The second-order valence-corrected chi connectivity index (χ2v) is 6.64. The van der Waals surface area contributed by atoms with Gasteiger partial charge in [0, 0.05) is 50.8 Å². The van der Waals surface area contributed by atoms with Crippen LogP contribution in [0.2, 0.25) is 0 Å². The predicted octanol–water partition coefficient (Wildman–Crippen LogP) is 2.32. The van der Waals surface area contributed by atoms with E-state index in [1.807, 2.05) is 0 Å². The third-order valence-electron chi connectivity index (χ3n) is 4.94. The van der Waals surface area contributed by atoms with Crippen LogP contribution < -0.4 is 5.32 Å². The number of nitrogens with zero attached hydrogens (tertiary/aromatic N) is 2. The summed E-state index contributed by atoms with van der Waals surface area (Å²) >= 11 is 0. The van der Waals surface area contributed by atoms with Crippen LogP contribution in [0.1, 0.15) is 52.9 Å². The van der Waals surface area contributed by atoms with E-state index < -0.39 is 0 Å². The van der Waals surface area contributed by atoms with Crippen molar-refractivity contribution < 1.29 is 0 Å². The number of hydrogen-bond donors (Lipinski definition) is 1. The van der Waals surface area contributed by atoms with Gasteiger partial charge in [0.05, 0.1) is 0 Å². The molecule has 1 N–H and O–H groups in total. The number of nitrogens with one attached hydrogen (secondary N) is 1. The molecule has 19 heavy (non-hydrogen) atoms. The smallest absolute Gasteiger partial charge is 0.0219 e. The van der Waals surface area contributed by atoms with Crippen molar-refractivity contribution >= 4 is 0 Å². The summed E-state index contributed by atoms with van der Waals surface area (Å²) in [6.07, 6.45) is 7.09. The maximum absolute atomic E-state index is 3.60. The van der Waals surface area contributed by atoms with Crippen LogP contribution in [0, 0.1) is 0 Å². The fourth-order valence-electron chi connectivity index (χ4n) is 3.64. The summed E-state index contributed by atoms with van der Waals surface area (Å²) in [5, 5.41) is 3.60.